The van der Waals surface area contributed by atoms with Crippen molar-refractivity contribution < 1.29 is 19.8 Å². The second kappa shape index (κ2) is 5.47. The molecular formula is C9H9NO4. The zero-order valence-corrected chi connectivity index (χ0v) is 7.30. The lowest BCUT2D eigenvalue weighted by molar-refractivity contribution is -0.132. The molecular weight excluding hydrogens is 186 g/mol. The zero-order valence-electron chi connectivity index (χ0n) is 7.30. The van der Waals surface area contributed by atoms with E-state index in [1.54, 1.807) is 0 Å². The summed E-state index contributed by atoms with van der Waals surface area (Å²) in [5.74, 6) is -2.67. The molecule has 0 saturated heterocycles. The number of hydrogen-bond acceptors (Lipinski definition) is 3. The van der Waals surface area contributed by atoms with Crippen LogP contribution in [0.25, 0.3) is 0 Å². The van der Waals surface area contributed by atoms with Gasteiger partial charge in [0.2, 0.25) is 0 Å². The molecule has 0 aromatic carbocycles. The molecule has 0 aromatic rings. The lowest BCUT2D eigenvalue weighted by atomic mass is 10.3. The molecule has 0 aliphatic carbocycles. The average molecular weight is 195 g/mol. The van der Waals surface area contributed by atoms with E-state index < -0.39 is 23.3 Å². The summed E-state index contributed by atoms with van der Waals surface area (Å²) in [5.41, 5.74) is -0.835. The number of aliphatic carboxylic acids is 2. The van der Waals surface area contributed by atoms with E-state index in [4.69, 9.17) is 10.2 Å². The van der Waals surface area contributed by atoms with Crippen molar-refractivity contribution in [2.24, 2.45) is 4.99 Å². The van der Waals surface area contributed by atoms with Crippen LogP contribution in [0.1, 0.15) is 0 Å². The maximum Gasteiger partial charge on any atom is 0.354 e. The predicted octanol–water partition coefficient (Wildman–Crippen LogP) is 0.853. The molecule has 0 saturated carbocycles. The van der Waals surface area contributed by atoms with Crippen LogP contribution in [-0.4, -0.2) is 27.9 Å². The Hall–Kier alpha value is -2.17. The monoisotopic (exact) mass is 195 g/mol. The van der Waals surface area contributed by atoms with E-state index in [0.29, 0.717) is 0 Å². The Balaban J connectivity index is 5.16. The number of rotatable bonds is 5. The van der Waals surface area contributed by atoms with Crippen LogP contribution in [0.3, 0.4) is 0 Å². The average Bonchev–Trinajstić information content (AvgIpc) is 2.11. The van der Waals surface area contributed by atoms with Gasteiger partial charge in [-0.15, -0.1) is 0 Å². The number of carbonyl (C=O) groups is 2. The fourth-order valence-electron chi connectivity index (χ4n) is 0.579. The Kier molecular flexibility index (Phi) is 4.62. The summed E-state index contributed by atoms with van der Waals surface area (Å²) in [6.45, 7) is 6.48. The van der Waals surface area contributed by atoms with Crippen LogP contribution < -0.4 is 0 Å². The number of nitrogens with zero attached hydrogens (tertiary/aromatic N) is 1. The number of hydrogen-bond donors (Lipinski definition) is 2. The van der Waals surface area contributed by atoms with Gasteiger partial charge in [0.25, 0.3) is 0 Å². The molecule has 0 aliphatic heterocycles. The zero-order chi connectivity index (χ0) is 11.1. The highest BCUT2D eigenvalue weighted by Gasteiger charge is 2.09. The van der Waals surface area contributed by atoms with Crippen LogP contribution in [0.5, 0.6) is 0 Å². The molecule has 0 atom stereocenters. The fraction of sp³-hybridized carbons (Fsp3) is 0. The van der Waals surface area contributed by atoms with E-state index in [9.17, 15) is 9.59 Å². The third kappa shape index (κ3) is 3.48. The topological polar surface area (TPSA) is 87.0 Å². The van der Waals surface area contributed by atoms with E-state index in [0.717, 1.165) is 12.2 Å². The summed E-state index contributed by atoms with van der Waals surface area (Å²) < 4.78 is 0. The van der Waals surface area contributed by atoms with Crippen molar-refractivity contribution in [2.75, 3.05) is 0 Å². The second-order valence-electron chi connectivity index (χ2n) is 2.10. The summed E-state index contributed by atoms with van der Waals surface area (Å²) in [6.07, 6.45) is 3.26. The van der Waals surface area contributed by atoms with E-state index >= 15 is 0 Å². The fourth-order valence-corrected chi connectivity index (χ4v) is 0.579. The van der Waals surface area contributed by atoms with Crippen LogP contribution in [0.15, 0.2) is 42.1 Å². The molecule has 0 rings (SSSR count). The highest BCUT2D eigenvalue weighted by molar-refractivity contribution is 6.40. The van der Waals surface area contributed by atoms with Gasteiger partial charge in [0.1, 0.15) is 11.4 Å². The number of carboxylic acids is 2. The lowest BCUT2D eigenvalue weighted by Crippen LogP contribution is -2.11. The highest BCUT2D eigenvalue weighted by atomic mass is 16.4. The first kappa shape index (κ1) is 11.8. The van der Waals surface area contributed by atoms with Gasteiger partial charge in [-0.3, -0.25) is 0 Å². The summed E-state index contributed by atoms with van der Waals surface area (Å²) >= 11 is 0. The minimum Gasteiger partial charge on any atom is -0.477 e. The second-order valence-corrected chi connectivity index (χ2v) is 2.10. The van der Waals surface area contributed by atoms with Crippen LogP contribution >= 0.6 is 0 Å². The summed E-state index contributed by atoms with van der Waals surface area (Å²) in [6, 6.07) is 0. The van der Waals surface area contributed by atoms with Gasteiger partial charge < -0.3 is 10.2 Å². The number of carboxylic acid groups (broad SMARTS) is 2. The molecule has 2 N–H and O–H groups in total. The van der Waals surface area contributed by atoms with Gasteiger partial charge >= 0.3 is 11.9 Å². The Morgan fingerprint density at radius 1 is 1.14 bits per heavy atom. The van der Waals surface area contributed by atoms with E-state index in [1.165, 1.54) is 6.08 Å². The Labute approximate surface area is 80.4 Å². The van der Waals surface area contributed by atoms with Gasteiger partial charge in [-0.05, 0) is 12.2 Å². The standard InChI is InChI=1S/C9H9NO4/c1-3-5-7(9(13)14)10-6(4-2)8(11)12/h3-5H,1-2H2,(H,11,12)(H,13,14)/b7-5-,10-6?. The summed E-state index contributed by atoms with van der Waals surface area (Å²) in [5, 5.41) is 17.1. The SMILES string of the molecule is C=C/C=C(\N=C(C=C)C(=O)O)C(=O)O. The highest BCUT2D eigenvalue weighted by Crippen LogP contribution is 1.99. The molecule has 0 radical (unpaired) electrons. The summed E-state index contributed by atoms with van der Waals surface area (Å²) in [4.78, 5) is 24.3. The van der Waals surface area contributed by atoms with Crippen molar-refractivity contribution in [3.8, 4) is 0 Å². The molecule has 5 nitrogen and oxygen atoms in total. The lowest BCUT2D eigenvalue weighted by Gasteiger charge is -1.95. The van der Waals surface area contributed by atoms with Gasteiger partial charge in [0.05, 0.1) is 0 Å². The third-order valence-electron chi connectivity index (χ3n) is 1.15. The van der Waals surface area contributed by atoms with Gasteiger partial charge in [0, 0.05) is 0 Å². The first-order chi connectivity index (χ1) is 6.52. The van der Waals surface area contributed by atoms with Crippen LogP contribution in [0.4, 0.5) is 0 Å². The first-order valence-electron chi connectivity index (χ1n) is 3.53. The predicted molar refractivity (Wildman–Crippen MR) is 51.2 cm³/mol. The van der Waals surface area contributed by atoms with Crippen molar-refractivity contribution in [3.05, 3.63) is 37.1 Å². The Morgan fingerprint density at radius 3 is 2.00 bits per heavy atom. The maximum absolute atomic E-state index is 10.5. The van der Waals surface area contributed by atoms with E-state index in [-0.39, 0.29) is 0 Å². The normalized spacial score (nSPS) is 12.0. The van der Waals surface area contributed by atoms with Gasteiger partial charge in [-0.25, -0.2) is 14.6 Å². The van der Waals surface area contributed by atoms with Crippen molar-refractivity contribution in [3.63, 3.8) is 0 Å². The summed E-state index contributed by atoms with van der Waals surface area (Å²) in [7, 11) is 0. The first-order valence-corrected chi connectivity index (χ1v) is 3.53. The van der Waals surface area contributed by atoms with Crippen LogP contribution in [-0.2, 0) is 9.59 Å². The smallest absolute Gasteiger partial charge is 0.354 e. The van der Waals surface area contributed by atoms with Gasteiger partial charge in [-0.2, -0.15) is 0 Å². The molecule has 0 spiro atoms. The molecule has 5 heteroatoms. The molecule has 0 bridgehead atoms. The van der Waals surface area contributed by atoms with E-state index in [2.05, 4.69) is 18.2 Å². The Morgan fingerprint density at radius 2 is 1.71 bits per heavy atom. The van der Waals surface area contributed by atoms with Gasteiger partial charge in [-0.1, -0.05) is 19.2 Å². The Bertz CT molecular complexity index is 339. The number of allylic oxidation sites excluding steroid dienone is 2. The minimum atomic E-state index is -1.34. The number of aliphatic imine (C=N–C) groups is 1. The van der Waals surface area contributed by atoms with Gasteiger partial charge in [0.15, 0.2) is 0 Å². The molecule has 0 amide bonds. The van der Waals surface area contributed by atoms with Crippen LogP contribution in [0.2, 0.25) is 0 Å². The maximum atomic E-state index is 10.5. The molecule has 0 unspecified atom stereocenters. The van der Waals surface area contributed by atoms with Crippen molar-refractivity contribution in [2.45, 2.75) is 0 Å². The molecule has 0 aliphatic rings. The molecule has 14 heavy (non-hydrogen) atoms. The third-order valence-corrected chi connectivity index (χ3v) is 1.15. The molecule has 0 aromatic heterocycles. The molecule has 74 valence electrons. The van der Waals surface area contributed by atoms with Crippen molar-refractivity contribution in [1.29, 1.82) is 0 Å². The largest absolute Gasteiger partial charge is 0.477 e. The molecule has 0 heterocycles. The quantitative estimate of drug-likeness (QED) is 0.387. The van der Waals surface area contributed by atoms with Crippen molar-refractivity contribution in [1.82, 2.24) is 0 Å². The van der Waals surface area contributed by atoms with Crippen molar-refractivity contribution >= 4 is 17.7 Å². The van der Waals surface area contributed by atoms with E-state index in [1.807, 2.05) is 0 Å². The minimum absolute atomic E-state index is 0.405. The van der Waals surface area contributed by atoms with Crippen LogP contribution in [0, 0.1) is 0 Å². The molecule has 0 fully saturated rings.